The van der Waals surface area contributed by atoms with Gasteiger partial charge in [0.05, 0.1) is 0 Å². The van der Waals surface area contributed by atoms with Gasteiger partial charge in [-0.15, -0.1) is 11.6 Å². The number of carbonyl (C=O) groups excluding carboxylic acids is 1. The van der Waals surface area contributed by atoms with Crippen molar-refractivity contribution in [2.45, 2.75) is 12.8 Å². The van der Waals surface area contributed by atoms with Crippen LogP contribution in [0.5, 0.6) is 0 Å². The number of alkyl halides is 1. The summed E-state index contributed by atoms with van der Waals surface area (Å²) in [5.74, 6) is 0.438. The quantitative estimate of drug-likeness (QED) is 0.745. The molecule has 0 N–H and O–H groups in total. The van der Waals surface area contributed by atoms with Gasteiger partial charge in [-0.25, -0.2) is 0 Å². The van der Waals surface area contributed by atoms with Gasteiger partial charge in [0.25, 0.3) is 0 Å². The summed E-state index contributed by atoms with van der Waals surface area (Å²) >= 11 is 17.1. The molecule has 0 atom stereocenters. The second-order valence-corrected chi connectivity index (χ2v) is 4.11. The van der Waals surface area contributed by atoms with E-state index in [1.807, 2.05) is 0 Å². The predicted octanol–water partition coefficient (Wildman–Crippen LogP) is 3.73. The van der Waals surface area contributed by atoms with Gasteiger partial charge in [0, 0.05) is 28.8 Å². The zero-order valence-corrected chi connectivity index (χ0v) is 9.66. The zero-order valence-electron chi connectivity index (χ0n) is 7.40. The monoisotopic (exact) mass is 250 g/mol. The normalized spacial score (nSPS) is 10.2. The van der Waals surface area contributed by atoms with Gasteiger partial charge in [-0.3, -0.25) is 4.79 Å². The van der Waals surface area contributed by atoms with Crippen molar-refractivity contribution in [3.05, 3.63) is 33.8 Å². The highest BCUT2D eigenvalue weighted by Crippen LogP contribution is 2.21. The van der Waals surface area contributed by atoms with Crippen LogP contribution in [0.1, 0.15) is 12.0 Å². The summed E-state index contributed by atoms with van der Waals surface area (Å²) in [6, 6.07) is 5.11. The summed E-state index contributed by atoms with van der Waals surface area (Å²) < 4.78 is 0. The fraction of sp³-hybridized carbons (Fsp3) is 0.300. The van der Waals surface area contributed by atoms with E-state index in [9.17, 15) is 4.79 Å². The third-order valence-corrected chi connectivity index (χ3v) is 2.55. The van der Waals surface area contributed by atoms with Crippen molar-refractivity contribution in [1.29, 1.82) is 0 Å². The van der Waals surface area contributed by atoms with E-state index in [1.54, 1.807) is 18.2 Å². The van der Waals surface area contributed by atoms with Gasteiger partial charge in [-0.05, 0) is 17.7 Å². The van der Waals surface area contributed by atoms with Crippen LogP contribution in [-0.2, 0) is 11.2 Å². The number of ketones is 1. The molecule has 0 aromatic heterocycles. The molecule has 76 valence electrons. The number of carbonyl (C=O) groups is 1. The topological polar surface area (TPSA) is 17.1 Å². The summed E-state index contributed by atoms with van der Waals surface area (Å²) in [7, 11) is 0. The molecular weight excluding hydrogens is 242 g/mol. The molecule has 1 nitrogen and oxygen atoms in total. The molecule has 0 amide bonds. The molecule has 0 aliphatic carbocycles. The van der Waals surface area contributed by atoms with Crippen LogP contribution in [0.15, 0.2) is 18.2 Å². The number of halogens is 3. The summed E-state index contributed by atoms with van der Waals surface area (Å²) in [6.07, 6.45) is 0.698. The Bertz CT molecular complexity index is 336. The maximum Gasteiger partial charge on any atom is 0.138 e. The summed E-state index contributed by atoms with van der Waals surface area (Å²) in [4.78, 5) is 11.3. The van der Waals surface area contributed by atoms with Crippen molar-refractivity contribution in [3.8, 4) is 0 Å². The maximum atomic E-state index is 11.3. The highest BCUT2D eigenvalue weighted by Gasteiger charge is 2.06. The van der Waals surface area contributed by atoms with Crippen molar-refractivity contribution in [2.75, 3.05) is 5.88 Å². The summed E-state index contributed by atoms with van der Waals surface area (Å²) in [6.45, 7) is 0. The third-order valence-electron chi connectivity index (χ3n) is 1.78. The van der Waals surface area contributed by atoms with Crippen molar-refractivity contribution in [3.63, 3.8) is 0 Å². The number of rotatable bonds is 4. The Labute approximate surface area is 98.0 Å². The molecule has 14 heavy (non-hydrogen) atoms. The molecule has 0 radical (unpaired) electrons. The molecule has 4 heteroatoms. The van der Waals surface area contributed by atoms with E-state index >= 15 is 0 Å². The Balaban J connectivity index is 2.72. The zero-order chi connectivity index (χ0) is 10.6. The second kappa shape index (κ2) is 5.59. The molecular formula is C10H9Cl3O. The summed E-state index contributed by atoms with van der Waals surface area (Å²) in [5.41, 5.74) is 0.797. The smallest absolute Gasteiger partial charge is 0.138 e. The van der Waals surface area contributed by atoms with Crippen LogP contribution in [0.4, 0.5) is 0 Å². The van der Waals surface area contributed by atoms with Crippen molar-refractivity contribution >= 4 is 40.6 Å². The van der Waals surface area contributed by atoms with E-state index in [-0.39, 0.29) is 5.78 Å². The SMILES string of the molecule is O=C(CCCl)Cc1ccc(Cl)cc1Cl. The van der Waals surface area contributed by atoms with Crippen LogP contribution in [0.3, 0.4) is 0 Å². The Hall–Kier alpha value is -0.240. The average molecular weight is 252 g/mol. The number of benzene rings is 1. The lowest BCUT2D eigenvalue weighted by atomic mass is 10.1. The highest BCUT2D eigenvalue weighted by atomic mass is 35.5. The average Bonchev–Trinajstić information content (AvgIpc) is 2.10. The molecule has 0 aliphatic heterocycles. The Morgan fingerprint density at radius 3 is 2.57 bits per heavy atom. The molecule has 0 aliphatic rings. The first kappa shape index (κ1) is 11.8. The van der Waals surface area contributed by atoms with Crippen LogP contribution in [0, 0.1) is 0 Å². The van der Waals surface area contributed by atoms with Gasteiger partial charge in [-0.2, -0.15) is 0 Å². The van der Waals surface area contributed by atoms with E-state index in [2.05, 4.69) is 0 Å². The van der Waals surface area contributed by atoms with Crippen molar-refractivity contribution < 1.29 is 4.79 Å². The lowest BCUT2D eigenvalue weighted by Gasteiger charge is -2.02. The van der Waals surface area contributed by atoms with Gasteiger partial charge < -0.3 is 0 Å². The number of Topliss-reactive ketones (excluding diaryl/α,β-unsaturated/α-hetero) is 1. The minimum atomic E-state index is 0.0872. The second-order valence-electron chi connectivity index (χ2n) is 2.89. The molecule has 0 unspecified atom stereocenters. The largest absolute Gasteiger partial charge is 0.299 e. The van der Waals surface area contributed by atoms with E-state index in [1.165, 1.54) is 0 Å². The molecule has 0 saturated heterocycles. The number of hydrogen-bond donors (Lipinski definition) is 0. The van der Waals surface area contributed by atoms with E-state index in [4.69, 9.17) is 34.8 Å². The third kappa shape index (κ3) is 3.49. The van der Waals surface area contributed by atoms with Gasteiger partial charge in [0.1, 0.15) is 5.78 Å². The van der Waals surface area contributed by atoms with Crippen LogP contribution in [0.25, 0.3) is 0 Å². The fourth-order valence-electron chi connectivity index (χ4n) is 1.07. The van der Waals surface area contributed by atoms with Gasteiger partial charge >= 0.3 is 0 Å². The minimum Gasteiger partial charge on any atom is -0.299 e. The minimum absolute atomic E-state index is 0.0872. The van der Waals surface area contributed by atoms with Gasteiger partial charge in [-0.1, -0.05) is 29.3 Å². The molecule has 1 aromatic carbocycles. The van der Waals surface area contributed by atoms with Crippen molar-refractivity contribution in [1.82, 2.24) is 0 Å². The van der Waals surface area contributed by atoms with E-state index in [0.29, 0.717) is 28.8 Å². The lowest BCUT2D eigenvalue weighted by molar-refractivity contribution is -0.118. The molecule has 1 rings (SSSR count). The first-order chi connectivity index (χ1) is 6.63. The Morgan fingerprint density at radius 2 is 2.00 bits per heavy atom. The predicted molar refractivity (Wildman–Crippen MR) is 60.5 cm³/mol. The van der Waals surface area contributed by atoms with E-state index in [0.717, 1.165) is 5.56 Å². The first-order valence-electron chi connectivity index (χ1n) is 4.15. The van der Waals surface area contributed by atoms with Crippen molar-refractivity contribution in [2.24, 2.45) is 0 Å². The highest BCUT2D eigenvalue weighted by molar-refractivity contribution is 6.35. The Morgan fingerprint density at radius 1 is 1.29 bits per heavy atom. The van der Waals surface area contributed by atoms with Crippen LogP contribution < -0.4 is 0 Å². The number of hydrogen-bond acceptors (Lipinski definition) is 1. The first-order valence-corrected chi connectivity index (χ1v) is 5.44. The summed E-state index contributed by atoms with van der Waals surface area (Å²) in [5, 5.41) is 1.10. The molecule has 0 heterocycles. The maximum absolute atomic E-state index is 11.3. The Kier molecular flexibility index (Phi) is 4.73. The van der Waals surface area contributed by atoms with Gasteiger partial charge in [0.15, 0.2) is 0 Å². The van der Waals surface area contributed by atoms with Crippen LogP contribution >= 0.6 is 34.8 Å². The molecule has 0 fully saturated rings. The van der Waals surface area contributed by atoms with Crippen LogP contribution in [0.2, 0.25) is 10.0 Å². The van der Waals surface area contributed by atoms with Gasteiger partial charge in [0.2, 0.25) is 0 Å². The standard InChI is InChI=1S/C10H9Cl3O/c11-4-3-9(14)5-7-1-2-8(12)6-10(7)13/h1-2,6H,3-5H2. The lowest BCUT2D eigenvalue weighted by Crippen LogP contribution is -2.03. The van der Waals surface area contributed by atoms with Crippen LogP contribution in [-0.4, -0.2) is 11.7 Å². The fourth-order valence-corrected chi connectivity index (χ4v) is 1.76. The molecule has 0 saturated carbocycles. The molecule has 0 bridgehead atoms. The van der Waals surface area contributed by atoms with E-state index < -0.39 is 0 Å². The molecule has 1 aromatic rings. The molecule has 0 spiro atoms.